The van der Waals surface area contributed by atoms with Crippen LogP contribution in [0, 0.1) is 11.3 Å². The molecule has 1 aliphatic heterocycles. The van der Waals surface area contributed by atoms with Crippen LogP contribution in [-0.4, -0.2) is 13.0 Å². The van der Waals surface area contributed by atoms with E-state index in [1.54, 1.807) is 7.11 Å². The predicted molar refractivity (Wildman–Crippen MR) is 80.1 cm³/mol. The molecule has 108 valence electrons. The second-order valence-electron chi connectivity index (χ2n) is 6.92. The molecule has 1 amide bonds. The Morgan fingerprint density at radius 3 is 2.60 bits per heavy atom. The van der Waals surface area contributed by atoms with Crippen molar-refractivity contribution >= 4 is 11.6 Å². The van der Waals surface area contributed by atoms with Gasteiger partial charge in [0.2, 0.25) is 5.91 Å². The van der Waals surface area contributed by atoms with Crippen molar-refractivity contribution in [1.82, 2.24) is 0 Å². The summed E-state index contributed by atoms with van der Waals surface area (Å²) >= 11 is 0. The van der Waals surface area contributed by atoms with Crippen molar-refractivity contribution in [2.45, 2.75) is 45.4 Å². The third-order valence-corrected chi connectivity index (χ3v) is 4.99. The largest absolute Gasteiger partial charge is 0.497 e. The standard InChI is InChI=1S/C17H23NO2/c1-17(2)8-6-11(7-9-17)15-13-10-12(20-3)4-5-14(13)18-16(15)19/h4-5,10-11,15H,6-9H2,1-3H3,(H,18,19). The molecule has 1 fully saturated rings. The summed E-state index contributed by atoms with van der Waals surface area (Å²) in [4.78, 5) is 12.3. The minimum Gasteiger partial charge on any atom is -0.497 e. The molecule has 3 rings (SSSR count). The lowest BCUT2D eigenvalue weighted by Crippen LogP contribution is -2.28. The van der Waals surface area contributed by atoms with Gasteiger partial charge in [-0.15, -0.1) is 0 Å². The van der Waals surface area contributed by atoms with Gasteiger partial charge in [0.1, 0.15) is 5.75 Å². The van der Waals surface area contributed by atoms with Crippen LogP contribution < -0.4 is 10.1 Å². The van der Waals surface area contributed by atoms with E-state index in [4.69, 9.17) is 4.74 Å². The number of amides is 1. The summed E-state index contributed by atoms with van der Waals surface area (Å²) in [6.45, 7) is 4.66. The molecule has 1 aromatic rings. The highest BCUT2D eigenvalue weighted by Crippen LogP contribution is 2.47. The van der Waals surface area contributed by atoms with Gasteiger partial charge in [0.15, 0.2) is 0 Å². The van der Waals surface area contributed by atoms with E-state index in [-0.39, 0.29) is 11.8 Å². The van der Waals surface area contributed by atoms with Gasteiger partial charge in [0.05, 0.1) is 13.0 Å². The fourth-order valence-electron chi connectivity index (χ4n) is 3.61. The number of carbonyl (C=O) groups excluding carboxylic acids is 1. The van der Waals surface area contributed by atoms with E-state index < -0.39 is 0 Å². The van der Waals surface area contributed by atoms with Crippen molar-refractivity contribution in [3.63, 3.8) is 0 Å². The van der Waals surface area contributed by atoms with E-state index in [0.717, 1.165) is 29.8 Å². The van der Waals surface area contributed by atoms with E-state index >= 15 is 0 Å². The van der Waals surface area contributed by atoms with E-state index in [1.807, 2.05) is 18.2 Å². The van der Waals surface area contributed by atoms with Crippen molar-refractivity contribution < 1.29 is 9.53 Å². The maximum Gasteiger partial charge on any atom is 0.232 e. The van der Waals surface area contributed by atoms with Gasteiger partial charge < -0.3 is 10.1 Å². The van der Waals surface area contributed by atoms with Crippen LogP contribution in [0.3, 0.4) is 0 Å². The third kappa shape index (κ3) is 2.30. The third-order valence-electron chi connectivity index (χ3n) is 4.99. The minimum atomic E-state index is 0.0104. The molecule has 0 spiro atoms. The molecular weight excluding hydrogens is 250 g/mol. The van der Waals surface area contributed by atoms with Crippen LogP contribution in [0.15, 0.2) is 18.2 Å². The molecule has 1 heterocycles. The van der Waals surface area contributed by atoms with Crippen LogP contribution in [0.2, 0.25) is 0 Å². The summed E-state index contributed by atoms with van der Waals surface area (Å²) in [7, 11) is 1.67. The van der Waals surface area contributed by atoms with Crippen LogP contribution in [0.25, 0.3) is 0 Å². The fraction of sp³-hybridized carbons (Fsp3) is 0.588. The lowest BCUT2D eigenvalue weighted by atomic mass is 9.68. The Hall–Kier alpha value is -1.51. The average Bonchev–Trinajstić information content (AvgIpc) is 2.74. The van der Waals surface area contributed by atoms with Crippen molar-refractivity contribution in [3.05, 3.63) is 23.8 Å². The highest BCUT2D eigenvalue weighted by atomic mass is 16.5. The average molecular weight is 273 g/mol. The Kier molecular flexibility index (Phi) is 3.23. The number of anilines is 1. The van der Waals surface area contributed by atoms with Gasteiger partial charge >= 0.3 is 0 Å². The SMILES string of the molecule is COc1ccc2c(c1)C(C1CCC(C)(C)CC1)C(=O)N2. The van der Waals surface area contributed by atoms with E-state index in [2.05, 4.69) is 19.2 Å². The Morgan fingerprint density at radius 1 is 1.25 bits per heavy atom. The molecule has 1 N–H and O–H groups in total. The summed E-state index contributed by atoms with van der Waals surface area (Å²) in [6, 6.07) is 5.89. The smallest absolute Gasteiger partial charge is 0.232 e. The maximum atomic E-state index is 12.3. The second kappa shape index (κ2) is 4.80. The van der Waals surface area contributed by atoms with Gasteiger partial charge in [-0.05, 0) is 60.8 Å². The lowest BCUT2D eigenvalue weighted by Gasteiger charge is -2.36. The van der Waals surface area contributed by atoms with Gasteiger partial charge in [0.25, 0.3) is 0 Å². The quantitative estimate of drug-likeness (QED) is 0.886. The predicted octanol–water partition coefficient (Wildman–Crippen LogP) is 3.95. The van der Waals surface area contributed by atoms with Gasteiger partial charge in [-0.3, -0.25) is 4.79 Å². The molecule has 3 nitrogen and oxygen atoms in total. The normalized spacial score (nSPS) is 25.1. The molecule has 1 unspecified atom stereocenters. The molecule has 0 radical (unpaired) electrons. The molecule has 0 bridgehead atoms. The van der Waals surface area contributed by atoms with Crippen molar-refractivity contribution in [2.75, 3.05) is 12.4 Å². The summed E-state index contributed by atoms with van der Waals surface area (Å²) in [6.07, 6.45) is 4.70. The Balaban J connectivity index is 1.86. The summed E-state index contributed by atoms with van der Waals surface area (Å²) in [5.41, 5.74) is 2.52. The highest BCUT2D eigenvalue weighted by Gasteiger charge is 2.40. The molecular formula is C17H23NO2. The number of methoxy groups -OCH3 is 1. The van der Waals surface area contributed by atoms with Crippen molar-refractivity contribution in [3.8, 4) is 5.75 Å². The van der Waals surface area contributed by atoms with E-state index in [0.29, 0.717) is 11.3 Å². The number of carbonyl (C=O) groups is 1. The lowest BCUT2D eigenvalue weighted by molar-refractivity contribution is -0.118. The zero-order valence-corrected chi connectivity index (χ0v) is 12.5. The maximum absolute atomic E-state index is 12.3. The zero-order chi connectivity index (χ0) is 14.3. The number of fused-ring (bicyclic) bond motifs is 1. The van der Waals surface area contributed by atoms with Gasteiger partial charge in [-0.2, -0.15) is 0 Å². The Bertz CT molecular complexity index is 526. The minimum absolute atomic E-state index is 0.0104. The first-order valence-corrected chi connectivity index (χ1v) is 7.49. The van der Waals surface area contributed by atoms with Crippen LogP contribution in [0.1, 0.15) is 51.0 Å². The number of benzene rings is 1. The fourth-order valence-corrected chi connectivity index (χ4v) is 3.61. The Morgan fingerprint density at radius 2 is 1.95 bits per heavy atom. The molecule has 0 aromatic heterocycles. The number of nitrogens with one attached hydrogen (secondary N) is 1. The van der Waals surface area contributed by atoms with Gasteiger partial charge in [-0.25, -0.2) is 0 Å². The number of hydrogen-bond donors (Lipinski definition) is 1. The molecule has 2 aliphatic rings. The molecule has 1 atom stereocenters. The summed E-state index contributed by atoms with van der Waals surface area (Å²) in [5, 5.41) is 3.02. The number of rotatable bonds is 2. The highest BCUT2D eigenvalue weighted by molar-refractivity contribution is 6.03. The van der Waals surface area contributed by atoms with Crippen LogP contribution >= 0.6 is 0 Å². The van der Waals surface area contributed by atoms with Gasteiger partial charge in [0, 0.05) is 5.69 Å². The van der Waals surface area contributed by atoms with Crippen LogP contribution in [0.5, 0.6) is 5.75 Å². The summed E-state index contributed by atoms with van der Waals surface area (Å²) in [5.74, 6) is 1.48. The Labute approximate surface area is 120 Å². The molecule has 20 heavy (non-hydrogen) atoms. The van der Waals surface area contributed by atoms with Crippen LogP contribution in [-0.2, 0) is 4.79 Å². The van der Waals surface area contributed by atoms with Crippen molar-refractivity contribution in [2.24, 2.45) is 11.3 Å². The first kappa shape index (κ1) is 13.5. The first-order chi connectivity index (χ1) is 9.50. The zero-order valence-electron chi connectivity index (χ0n) is 12.5. The molecule has 1 aromatic carbocycles. The monoisotopic (exact) mass is 273 g/mol. The molecule has 0 saturated heterocycles. The topological polar surface area (TPSA) is 38.3 Å². The molecule has 3 heteroatoms. The first-order valence-electron chi connectivity index (χ1n) is 7.49. The summed E-state index contributed by atoms with van der Waals surface area (Å²) < 4.78 is 5.30. The molecule has 1 aliphatic carbocycles. The number of ether oxygens (including phenoxy) is 1. The number of hydrogen-bond acceptors (Lipinski definition) is 2. The molecule has 1 saturated carbocycles. The van der Waals surface area contributed by atoms with E-state index in [1.165, 1.54) is 12.8 Å². The van der Waals surface area contributed by atoms with Crippen molar-refractivity contribution in [1.29, 1.82) is 0 Å². The van der Waals surface area contributed by atoms with E-state index in [9.17, 15) is 4.79 Å². The van der Waals surface area contributed by atoms with Gasteiger partial charge in [-0.1, -0.05) is 13.8 Å². The second-order valence-corrected chi connectivity index (χ2v) is 6.92. The van der Waals surface area contributed by atoms with Crippen LogP contribution in [0.4, 0.5) is 5.69 Å².